The topological polar surface area (TPSA) is 36.7 Å². The van der Waals surface area contributed by atoms with Crippen LogP contribution in [0.2, 0.25) is 0 Å². The first-order valence-electron chi connectivity index (χ1n) is 11.0. The van der Waals surface area contributed by atoms with E-state index in [-0.39, 0.29) is 0 Å². The number of aromatic nitrogens is 3. The molecular weight excluding hydrogens is 382 g/mol. The zero-order valence-electron chi connectivity index (χ0n) is 18.8. The summed E-state index contributed by atoms with van der Waals surface area (Å²) in [7, 11) is 0. The van der Waals surface area contributed by atoms with Crippen molar-refractivity contribution >= 4 is 17.0 Å². The standard InChI is InChI=1S/C26H29N5/c1-18-6-8-22(21(4)15-18)23-17-25-26(27-9-10-31(25)28-23)30-13-11-29(12-14-30)24-16-19(2)5-7-20(24)3/h5-10,15-17H,11-14H2,1-4H3. The average Bonchev–Trinajstić information content (AvgIpc) is 3.19. The molecule has 0 atom stereocenters. The number of hydrogen-bond donors (Lipinski definition) is 0. The van der Waals surface area contributed by atoms with E-state index >= 15 is 0 Å². The number of hydrogen-bond acceptors (Lipinski definition) is 4. The van der Waals surface area contributed by atoms with Crippen LogP contribution >= 0.6 is 0 Å². The highest BCUT2D eigenvalue weighted by molar-refractivity contribution is 5.76. The largest absolute Gasteiger partial charge is 0.368 e. The Hall–Kier alpha value is -3.34. The third-order valence-electron chi connectivity index (χ3n) is 6.31. The number of rotatable bonds is 3. The van der Waals surface area contributed by atoms with E-state index in [9.17, 15) is 0 Å². The molecule has 0 N–H and O–H groups in total. The van der Waals surface area contributed by atoms with Gasteiger partial charge in [0.15, 0.2) is 5.82 Å². The van der Waals surface area contributed by atoms with Crippen LogP contribution in [0.4, 0.5) is 11.5 Å². The maximum atomic E-state index is 4.85. The number of nitrogens with zero attached hydrogens (tertiary/aromatic N) is 5. The molecule has 0 saturated carbocycles. The monoisotopic (exact) mass is 411 g/mol. The van der Waals surface area contributed by atoms with E-state index < -0.39 is 0 Å². The van der Waals surface area contributed by atoms with Crippen LogP contribution in [0.5, 0.6) is 0 Å². The number of anilines is 2. The van der Waals surface area contributed by atoms with Crippen molar-refractivity contribution in [3.8, 4) is 11.3 Å². The van der Waals surface area contributed by atoms with Crippen molar-refractivity contribution in [2.45, 2.75) is 27.7 Å². The highest BCUT2D eigenvalue weighted by atomic mass is 15.3. The lowest BCUT2D eigenvalue weighted by Gasteiger charge is -2.37. The molecule has 5 heteroatoms. The SMILES string of the molecule is Cc1ccc(-c2cc3c(N4CCN(c5cc(C)ccc5C)CC4)nccn3n2)c(C)c1. The molecule has 3 heterocycles. The molecule has 2 aromatic carbocycles. The van der Waals surface area contributed by atoms with Crippen molar-refractivity contribution in [1.29, 1.82) is 0 Å². The Kier molecular flexibility index (Phi) is 4.89. The molecule has 158 valence electrons. The fourth-order valence-electron chi connectivity index (χ4n) is 4.60. The van der Waals surface area contributed by atoms with Crippen LogP contribution in [0.1, 0.15) is 22.3 Å². The first kappa shape index (κ1) is 19.6. The van der Waals surface area contributed by atoms with Crippen molar-refractivity contribution in [1.82, 2.24) is 14.6 Å². The van der Waals surface area contributed by atoms with E-state index in [1.807, 2.05) is 16.9 Å². The first-order chi connectivity index (χ1) is 15.0. The second kappa shape index (κ2) is 7.73. The molecular formula is C26H29N5. The second-order valence-corrected chi connectivity index (χ2v) is 8.69. The van der Waals surface area contributed by atoms with Gasteiger partial charge in [-0.1, -0.05) is 35.9 Å². The molecule has 1 aliphatic rings. The van der Waals surface area contributed by atoms with Gasteiger partial charge in [-0.3, -0.25) is 0 Å². The third-order valence-corrected chi connectivity index (χ3v) is 6.31. The normalized spacial score (nSPS) is 14.5. The molecule has 0 aliphatic carbocycles. The summed E-state index contributed by atoms with van der Waals surface area (Å²) in [6, 6.07) is 15.4. The Balaban J connectivity index is 1.42. The van der Waals surface area contributed by atoms with E-state index in [1.165, 1.54) is 33.5 Å². The van der Waals surface area contributed by atoms with E-state index in [1.54, 1.807) is 0 Å². The van der Waals surface area contributed by atoms with Gasteiger partial charge in [0.1, 0.15) is 5.52 Å². The molecule has 0 unspecified atom stereocenters. The van der Waals surface area contributed by atoms with Gasteiger partial charge in [0, 0.05) is 49.8 Å². The van der Waals surface area contributed by atoms with Crippen molar-refractivity contribution in [3.05, 3.63) is 77.1 Å². The van der Waals surface area contributed by atoms with Crippen LogP contribution in [0.3, 0.4) is 0 Å². The third kappa shape index (κ3) is 3.65. The van der Waals surface area contributed by atoms with Gasteiger partial charge in [0.05, 0.1) is 5.69 Å². The Bertz CT molecular complexity index is 1250. The fraction of sp³-hybridized carbons (Fsp3) is 0.308. The zero-order chi connectivity index (χ0) is 21.5. The summed E-state index contributed by atoms with van der Waals surface area (Å²) in [4.78, 5) is 9.64. The van der Waals surface area contributed by atoms with Gasteiger partial charge in [0.2, 0.25) is 0 Å². The van der Waals surface area contributed by atoms with Crippen LogP contribution in [-0.2, 0) is 0 Å². The van der Waals surface area contributed by atoms with Gasteiger partial charge in [-0.15, -0.1) is 0 Å². The van der Waals surface area contributed by atoms with Crippen molar-refractivity contribution < 1.29 is 0 Å². The van der Waals surface area contributed by atoms with Crippen LogP contribution in [0.25, 0.3) is 16.8 Å². The predicted molar refractivity (Wildman–Crippen MR) is 128 cm³/mol. The minimum absolute atomic E-state index is 0.949. The van der Waals surface area contributed by atoms with Crippen LogP contribution in [0, 0.1) is 27.7 Å². The highest BCUT2D eigenvalue weighted by Gasteiger charge is 2.22. The molecule has 0 spiro atoms. The minimum Gasteiger partial charge on any atom is -0.368 e. The Morgan fingerprint density at radius 3 is 2.23 bits per heavy atom. The maximum absolute atomic E-state index is 4.85. The molecule has 1 fully saturated rings. The summed E-state index contributed by atoms with van der Waals surface area (Å²) in [5, 5.41) is 4.85. The minimum atomic E-state index is 0.949. The number of piperazine rings is 1. The van der Waals surface area contributed by atoms with Crippen molar-refractivity contribution in [3.63, 3.8) is 0 Å². The average molecular weight is 412 g/mol. The van der Waals surface area contributed by atoms with Gasteiger partial charge >= 0.3 is 0 Å². The summed E-state index contributed by atoms with van der Waals surface area (Å²) in [5.41, 5.74) is 9.78. The Labute approximate surface area is 184 Å². The Morgan fingerprint density at radius 2 is 1.45 bits per heavy atom. The summed E-state index contributed by atoms with van der Waals surface area (Å²) in [6.07, 6.45) is 3.80. The molecule has 0 bridgehead atoms. The molecule has 5 nitrogen and oxygen atoms in total. The van der Waals surface area contributed by atoms with Crippen molar-refractivity contribution in [2.75, 3.05) is 36.0 Å². The quantitative estimate of drug-likeness (QED) is 0.478. The summed E-state index contributed by atoms with van der Waals surface area (Å²) in [6.45, 7) is 12.5. The van der Waals surface area contributed by atoms with Crippen LogP contribution in [0.15, 0.2) is 54.9 Å². The lowest BCUT2D eigenvalue weighted by atomic mass is 10.0. The summed E-state index contributed by atoms with van der Waals surface area (Å²) < 4.78 is 1.97. The molecule has 31 heavy (non-hydrogen) atoms. The van der Waals surface area contributed by atoms with E-state index in [2.05, 4.69) is 80.0 Å². The fourth-order valence-corrected chi connectivity index (χ4v) is 4.60. The zero-order valence-corrected chi connectivity index (χ0v) is 18.8. The molecule has 1 aliphatic heterocycles. The van der Waals surface area contributed by atoms with Crippen LogP contribution < -0.4 is 9.80 Å². The molecule has 4 aromatic rings. The molecule has 5 rings (SSSR count). The number of benzene rings is 2. The van der Waals surface area contributed by atoms with E-state index in [4.69, 9.17) is 10.1 Å². The molecule has 2 aromatic heterocycles. The first-order valence-corrected chi connectivity index (χ1v) is 11.0. The molecule has 0 amide bonds. The van der Waals surface area contributed by atoms with E-state index in [0.29, 0.717) is 0 Å². The van der Waals surface area contributed by atoms with Crippen LogP contribution in [-0.4, -0.2) is 40.8 Å². The summed E-state index contributed by atoms with van der Waals surface area (Å²) in [5.74, 6) is 1.02. The second-order valence-electron chi connectivity index (χ2n) is 8.69. The number of aryl methyl sites for hydroxylation is 4. The van der Waals surface area contributed by atoms with Gasteiger partial charge in [-0.05, 0) is 56.5 Å². The van der Waals surface area contributed by atoms with Gasteiger partial charge in [-0.25, -0.2) is 9.50 Å². The lowest BCUT2D eigenvalue weighted by Crippen LogP contribution is -2.47. The smallest absolute Gasteiger partial charge is 0.154 e. The van der Waals surface area contributed by atoms with Crippen molar-refractivity contribution in [2.24, 2.45) is 0 Å². The maximum Gasteiger partial charge on any atom is 0.154 e. The molecule has 0 radical (unpaired) electrons. The lowest BCUT2D eigenvalue weighted by molar-refractivity contribution is 0.646. The number of fused-ring (bicyclic) bond motifs is 1. The molecule has 1 saturated heterocycles. The highest BCUT2D eigenvalue weighted by Crippen LogP contribution is 2.29. The van der Waals surface area contributed by atoms with E-state index in [0.717, 1.165) is 43.2 Å². The summed E-state index contributed by atoms with van der Waals surface area (Å²) >= 11 is 0. The predicted octanol–water partition coefficient (Wildman–Crippen LogP) is 4.96. The Morgan fingerprint density at radius 1 is 0.742 bits per heavy atom. The van der Waals surface area contributed by atoms with Gasteiger partial charge in [-0.2, -0.15) is 5.10 Å². The van der Waals surface area contributed by atoms with Gasteiger partial charge in [0.25, 0.3) is 0 Å². The van der Waals surface area contributed by atoms with Gasteiger partial charge < -0.3 is 9.80 Å².